The van der Waals surface area contributed by atoms with Crippen molar-refractivity contribution in [2.45, 2.75) is 19.3 Å². The van der Waals surface area contributed by atoms with Crippen LogP contribution in [0.3, 0.4) is 0 Å². The zero-order valence-corrected chi connectivity index (χ0v) is 18.3. The minimum Gasteiger partial charge on any atom is -0.507 e. The zero-order valence-electron chi connectivity index (χ0n) is 17.5. The van der Waals surface area contributed by atoms with Crippen molar-refractivity contribution in [3.8, 4) is 0 Å². The Hall–Kier alpha value is -2.64. The highest BCUT2D eigenvalue weighted by molar-refractivity contribution is 6.33. The Morgan fingerprint density at radius 3 is 2.19 bits per heavy atom. The van der Waals surface area contributed by atoms with Crippen molar-refractivity contribution in [1.82, 2.24) is 15.5 Å². The summed E-state index contributed by atoms with van der Waals surface area (Å²) in [6.07, 6.45) is 4.56. The number of benzene rings is 1. The monoisotopic (exact) mass is 443 g/mol. The summed E-state index contributed by atoms with van der Waals surface area (Å²) in [5, 5.41) is 24.8. The topological polar surface area (TPSA) is 64.5 Å². The van der Waals surface area contributed by atoms with Crippen LogP contribution in [0.5, 0.6) is 0 Å². The van der Waals surface area contributed by atoms with E-state index in [-0.39, 0.29) is 11.3 Å². The highest BCUT2D eigenvalue weighted by Gasteiger charge is 2.24. The maximum Gasteiger partial charge on any atom is 0.159 e. The lowest BCUT2D eigenvalue weighted by Crippen LogP contribution is -2.44. The van der Waals surface area contributed by atoms with Gasteiger partial charge in [-0.05, 0) is 37.5 Å². The third-order valence-corrected chi connectivity index (χ3v) is 6.20. The van der Waals surface area contributed by atoms with Gasteiger partial charge in [-0.15, -0.1) is 10.2 Å². The molecular weight excluding hydrogens is 417 g/mol. The van der Waals surface area contributed by atoms with Gasteiger partial charge in [-0.25, -0.2) is 4.39 Å². The summed E-state index contributed by atoms with van der Waals surface area (Å²) in [6, 6.07) is 3.59. The highest BCUT2D eigenvalue weighted by Crippen LogP contribution is 2.40. The second kappa shape index (κ2) is 9.24. The van der Waals surface area contributed by atoms with E-state index >= 15 is 0 Å². The number of allylic oxidation sites excluding steroid dienone is 3. The van der Waals surface area contributed by atoms with Gasteiger partial charge in [0.2, 0.25) is 0 Å². The molecule has 0 atom stereocenters. The van der Waals surface area contributed by atoms with Crippen molar-refractivity contribution in [2.24, 2.45) is 0 Å². The lowest BCUT2D eigenvalue weighted by Gasteiger charge is -2.32. The average molecular weight is 444 g/mol. The number of aliphatic hydroxyl groups is 1. The van der Waals surface area contributed by atoms with Crippen LogP contribution in [0.2, 0.25) is 5.02 Å². The molecule has 2 aliphatic rings. The van der Waals surface area contributed by atoms with Crippen LogP contribution >= 0.6 is 11.6 Å². The normalized spacial score (nSPS) is 18.1. The molecule has 0 saturated carbocycles. The number of aromatic nitrogens is 2. The van der Waals surface area contributed by atoms with E-state index in [9.17, 15) is 9.50 Å². The van der Waals surface area contributed by atoms with Gasteiger partial charge in [-0.1, -0.05) is 24.8 Å². The summed E-state index contributed by atoms with van der Waals surface area (Å²) in [7, 11) is 0. The Labute approximate surface area is 186 Å². The molecule has 0 radical (unpaired) electrons. The van der Waals surface area contributed by atoms with Gasteiger partial charge in [0.25, 0.3) is 0 Å². The molecular formula is C23H27ClFN5O. The second-order valence-electron chi connectivity index (χ2n) is 7.88. The number of nitrogens with zero attached hydrogens (tertiary/aromatic N) is 4. The number of hydrogen-bond acceptors (Lipinski definition) is 6. The number of anilines is 2. The molecule has 0 bridgehead atoms. The summed E-state index contributed by atoms with van der Waals surface area (Å²) in [4.78, 5) is 4.41. The van der Waals surface area contributed by atoms with Crippen molar-refractivity contribution >= 4 is 39.6 Å². The van der Waals surface area contributed by atoms with Gasteiger partial charge in [-0.2, -0.15) is 0 Å². The predicted octanol–water partition coefficient (Wildman–Crippen LogP) is 4.62. The van der Waals surface area contributed by atoms with E-state index in [1.807, 2.05) is 0 Å². The maximum absolute atomic E-state index is 14.3. The first kappa shape index (κ1) is 21.6. The van der Waals surface area contributed by atoms with Gasteiger partial charge in [0.15, 0.2) is 11.6 Å². The van der Waals surface area contributed by atoms with E-state index in [0.29, 0.717) is 10.6 Å². The number of piperazine rings is 1. The summed E-state index contributed by atoms with van der Waals surface area (Å²) in [6.45, 7) is 12.1. The van der Waals surface area contributed by atoms with Crippen LogP contribution in [0.4, 0.5) is 16.0 Å². The van der Waals surface area contributed by atoms with Crippen molar-refractivity contribution in [2.75, 3.05) is 49.1 Å². The first-order chi connectivity index (χ1) is 15.0. The number of nitrogens with one attached hydrogen (secondary N) is 1. The number of halogens is 2. The molecule has 4 rings (SSSR count). The Morgan fingerprint density at radius 2 is 1.61 bits per heavy atom. The fraction of sp³-hybridized carbons (Fsp3) is 0.391. The number of hydrogen-bond donors (Lipinski definition) is 2. The molecule has 3 heterocycles. The molecule has 2 aliphatic heterocycles. The molecule has 6 nitrogen and oxygen atoms in total. The molecule has 2 N–H and O–H groups in total. The van der Waals surface area contributed by atoms with Crippen LogP contribution in [0.1, 0.15) is 24.8 Å². The molecule has 2 fully saturated rings. The molecule has 31 heavy (non-hydrogen) atoms. The van der Waals surface area contributed by atoms with Crippen molar-refractivity contribution in [1.29, 1.82) is 0 Å². The lowest BCUT2D eigenvalue weighted by atomic mass is 9.99. The summed E-state index contributed by atoms with van der Waals surface area (Å²) in [5.74, 6) is 0.441. The minimum atomic E-state index is -0.775. The third kappa shape index (κ3) is 4.25. The van der Waals surface area contributed by atoms with E-state index < -0.39 is 5.83 Å². The fourth-order valence-corrected chi connectivity index (χ4v) is 4.57. The van der Waals surface area contributed by atoms with E-state index in [2.05, 4.69) is 38.5 Å². The van der Waals surface area contributed by atoms with E-state index in [4.69, 9.17) is 11.6 Å². The quantitative estimate of drug-likeness (QED) is 0.519. The van der Waals surface area contributed by atoms with Crippen LogP contribution in [0, 0.1) is 0 Å². The van der Waals surface area contributed by atoms with E-state index in [0.717, 1.165) is 74.5 Å². The molecule has 0 spiro atoms. The molecule has 8 heteroatoms. The smallest absolute Gasteiger partial charge is 0.159 e. The van der Waals surface area contributed by atoms with E-state index in [1.54, 1.807) is 12.1 Å². The summed E-state index contributed by atoms with van der Waals surface area (Å²) >= 11 is 6.61. The molecule has 1 aromatic heterocycles. The van der Waals surface area contributed by atoms with Gasteiger partial charge in [0, 0.05) is 60.6 Å². The van der Waals surface area contributed by atoms with Crippen molar-refractivity contribution in [3.05, 3.63) is 53.5 Å². The number of aliphatic hydroxyl groups excluding tert-OH is 1. The maximum atomic E-state index is 14.3. The van der Waals surface area contributed by atoms with Crippen LogP contribution in [-0.4, -0.2) is 54.6 Å². The molecule has 0 aliphatic carbocycles. The third-order valence-electron chi connectivity index (χ3n) is 5.89. The lowest BCUT2D eigenvalue weighted by molar-refractivity contribution is 0.433. The standard InChI is InChI=1S/C23H27ClFN5O/c1-3-20(31)21(15(2)25)18-13-16-17(14-19(18)24)23(30-11-7-26-8-12-30)28-27-22(16)29-9-5-4-6-10-29/h3,13-14,26,31H,1-2,4-12H2/b21-20-. The first-order valence-electron chi connectivity index (χ1n) is 10.6. The molecule has 0 amide bonds. The van der Waals surface area contributed by atoms with Gasteiger partial charge >= 0.3 is 0 Å². The zero-order chi connectivity index (χ0) is 22.0. The number of rotatable bonds is 5. The van der Waals surface area contributed by atoms with Crippen LogP contribution < -0.4 is 15.1 Å². The largest absolute Gasteiger partial charge is 0.507 e. The van der Waals surface area contributed by atoms with E-state index in [1.165, 1.54) is 12.5 Å². The van der Waals surface area contributed by atoms with Gasteiger partial charge in [0.1, 0.15) is 11.6 Å². The fourth-order valence-electron chi connectivity index (χ4n) is 4.31. The summed E-state index contributed by atoms with van der Waals surface area (Å²) in [5.41, 5.74) is 0.295. The molecule has 0 unspecified atom stereocenters. The molecule has 1 aromatic carbocycles. The Morgan fingerprint density at radius 1 is 1.03 bits per heavy atom. The minimum absolute atomic E-state index is 0.0629. The van der Waals surface area contributed by atoms with Crippen LogP contribution in [-0.2, 0) is 0 Å². The van der Waals surface area contributed by atoms with Crippen molar-refractivity contribution < 1.29 is 9.50 Å². The molecule has 2 aromatic rings. The SMILES string of the molecule is C=C/C(O)=C(\C(=C)F)c1cc2c(N3CCCCC3)nnc(N3CCNCC3)c2cc1Cl. The van der Waals surface area contributed by atoms with Crippen molar-refractivity contribution in [3.63, 3.8) is 0 Å². The van der Waals surface area contributed by atoms with Gasteiger partial charge in [-0.3, -0.25) is 0 Å². The predicted molar refractivity (Wildman–Crippen MR) is 126 cm³/mol. The van der Waals surface area contributed by atoms with Gasteiger partial charge < -0.3 is 20.2 Å². The number of fused-ring (bicyclic) bond motifs is 1. The highest BCUT2D eigenvalue weighted by atomic mass is 35.5. The Balaban J connectivity index is 1.95. The second-order valence-corrected chi connectivity index (χ2v) is 8.29. The number of piperidine rings is 1. The average Bonchev–Trinajstić information content (AvgIpc) is 2.79. The van der Waals surface area contributed by atoms with Crippen LogP contribution in [0.15, 0.2) is 43.0 Å². The summed E-state index contributed by atoms with van der Waals surface area (Å²) < 4.78 is 14.3. The Bertz CT molecular complexity index is 1040. The van der Waals surface area contributed by atoms with Gasteiger partial charge in [0.05, 0.1) is 5.57 Å². The van der Waals surface area contributed by atoms with Crippen LogP contribution in [0.25, 0.3) is 16.3 Å². The molecule has 2 saturated heterocycles. The first-order valence-corrected chi connectivity index (χ1v) is 11.0. The molecule has 164 valence electrons. The Kier molecular flexibility index (Phi) is 6.43.